The number of amides is 2. The molecule has 3 heterocycles. The molecule has 1 aromatic carbocycles. The molecule has 4 rings (SSSR count). The van der Waals surface area contributed by atoms with Crippen molar-refractivity contribution in [3.8, 4) is 5.75 Å². The number of thiophene rings is 1. The van der Waals surface area contributed by atoms with Crippen LogP contribution in [-0.2, 0) is 14.8 Å². The first-order chi connectivity index (χ1) is 15.9. The molecule has 1 fully saturated rings. The van der Waals surface area contributed by atoms with Crippen molar-refractivity contribution in [1.82, 2.24) is 9.80 Å². The summed E-state index contributed by atoms with van der Waals surface area (Å²) >= 11 is 1.09. The lowest BCUT2D eigenvalue weighted by molar-refractivity contribution is -0.131. The van der Waals surface area contributed by atoms with E-state index < -0.39 is 10.0 Å². The van der Waals surface area contributed by atoms with Gasteiger partial charge in [-0.2, -0.15) is 0 Å². The van der Waals surface area contributed by atoms with E-state index in [4.69, 9.17) is 9.15 Å². The molecule has 3 aromatic rings. The summed E-state index contributed by atoms with van der Waals surface area (Å²) in [6, 6.07) is 12.9. The lowest BCUT2D eigenvalue weighted by atomic mass is 10.2. The lowest BCUT2D eigenvalue weighted by Gasteiger charge is -2.35. The molecule has 0 unspecified atom stereocenters. The van der Waals surface area contributed by atoms with Crippen LogP contribution in [0.2, 0.25) is 0 Å². The number of hydrogen-bond acceptors (Lipinski definition) is 7. The predicted octanol–water partition coefficient (Wildman–Crippen LogP) is 2.53. The van der Waals surface area contributed by atoms with Gasteiger partial charge < -0.3 is 19.0 Å². The average molecular weight is 490 g/mol. The normalized spacial score (nSPS) is 14.2. The SMILES string of the molecule is COc1ccc(N(CC(=O)N2CCN(C(=O)c3ccco3)CC2)S(=O)(=O)c2cccs2)cc1. The monoisotopic (exact) mass is 489 g/mol. The number of piperazine rings is 1. The minimum Gasteiger partial charge on any atom is -0.497 e. The molecule has 9 nitrogen and oxygen atoms in total. The maximum atomic E-state index is 13.3. The molecule has 1 aliphatic heterocycles. The Balaban J connectivity index is 1.49. The fourth-order valence-corrected chi connectivity index (χ4v) is 6.04. The van der Waals surface area contributed by atoms with Gasteiger partial charge in [-0.15, -0.1) is 11.3 Å². The number of sulfonamides is 1. The number of anilines is 1. The van der Waals surface area contributed by atoms with Gasteiger partial charge >= 0.3 is 0 Å². The molecule has 0 aliphatic carbocycles. The standard InChI is InChI=1S/C22H23N3O6S2/c1-30-18-8-6-17(7-9-18)25(33(28,29)21-5-3-15-32-21)16-20(26)23-10-12-24(13-11-23)22(27)19-4-2-14-31-19/h2-9,14-15H,10-13,16H2,1H3. The maximum Gasteiger partial charge on any atom is 0.289 e. The molecule has 0 radical (unpaired) electrons. The van der Waals surface area contributed by atoms with E-state index in [0.29, 0.717) is 37.6 Å². The zero-order valence-electron chi connectivity index (χ0n) is 17.9. The van der Waals surface area contributed by atoms with Crippen LogP contribution in [0.1, 0.15) is 10.6 Å². The molecule has 2 amide bonds. The van der Waals surface area contributed by atoms with Gasteiger partial charge in [0, 0.05) is 26.2 Å². The van der Waals surface area contributed by atoms with Gasteiger partial charge in [0.2, 0.25) is 5.91 Å². The van der Waals surface area contributed by atoms with Crippen LogP contribution in [0.4, 0.5) is 5.69 Å². The summed E-state index contributed by atoms with van der Waals surface area (Å²) < 4.78 is 38.2. The molecule has 1 saturated heterocycles. The minimum atomic E-state index is -3.93. The van der Waals surface area contributed by atoms with Crippen LogP contribution in [-0.4, -0.2) is 69.9 Å². The van der Waals surface area contributed by atoms with Gasteiger partial charge in [0.15, 0.2) is 5.76 Å². The smallest absolute Gasteiger partial charge is 0.289 e. The van der Waals surface area contributed by atoms with Crippen molar-refractivity contribution in [3.05, 3.63) is 65.9 Å². The predicted molar refractivity (Wildman–Crippen MR) is 123 cm³/mol. The number of rotatable bonds is 7. The molecule has 0 saturated carbocycles. The van der Waals surface area contributed by atoms with Crippen molar-refractivity contribution < 1.29 is 27.2 Å². The Bertz CT molecular complexity index is 1180. The average Bonchev–Trinajstić information content (AvgIpc) is 3.57. The molecule has 33 heavy (non-hydrogen) atoms. The number of hydrogen-bond donors (Lipinski definition) is 0. The first-order valence-corrected chi connectivity index (χ1v) is 12.5. The summed E-state index contributed by atoms with van der Waals surface area (Å²) in [7, 11) is -2.41. The number of benzene rings is 1. The van der Waals surface area contributed by atoms with Crippen LogP contribution < -0.4 is 9.04 Å². The highest BCUT2D eigenvalue weighted by atomic mass is 32.2. The van der Waals surface area contributed by atoms with Crippen molar-refractivity contribution in [3.63, 3.8) is 0 Å². The Hall–Kier alpha value is -3.31. The van der Waals surface area contributed by atoms with Crippen LogP contribution in [0.5, 0.6) is 5.75 Å². The van der Waals surface area contributed by atoms with E-state index >= 15 is 0 Å². The second-order valence-electron chi connectivity index (χ2n) is 7.29. The fourth-order valence-electron chi connectivity index (χ4n) is 3.52. The number of ether oxygens (including phenoxy) is 1. The molecule has 0 spiro atoms. The second-order valence-corrected chi connectivity index (χ2v) is 10.3. The van der Waals surface area contributed by atoms with Gasteiger partial charge in [0.05, 0.1) is 19.1 Å². The van der Waals surface area contributed by atoms with E-state index in [1.807, 2.05) is 0 Å². The molecule has 1 aliphatic rings. The molecule has 11 heteroatoms. The number of methoxy groups -OCH3 is 1. The number of carbonyl (C=O) groups is 2. The molecular weight excluding hydrogens is 466 g/mol. The highest BCUT2D eigenvalue weighted by Gasteiger charge is 2.32. The number of nitrogens with zero attached hydrogens (tertiary/aromatic N) is 3. The Morgan fingerprint density at radius 1 is 1.03 bits per heavy atom. The summed E-state index contributed by atoms with van der Waals surface area (Å²) in [6.07, 6.45) is 1.44. The van der Waals surface area contributed by atoms with Gasteiger partial charge in [-0.1, -0.05) is 6.07 Å². The molecule has 0 atom stereocenters. The topological polar surface area (TPSA) is 100 Å². The van der Waals surface area contributed by atoms with Crippen molar-refractivity contribution in [1.29, 1.82) is 0 Å². The van der Waals surface area contributed by atoms with Crippen molar-refractivity contribution in [2.45, 2.75) is 4.21 Å². The number of carbonyl (C=O) groups excluding carboxylic acids is 2. The summed E-state index contributed by atoms with van der Waals surface area (Å²) in [5.74, 6) is 0.265. The van der Waals surface area contributed by atoms with Gasteiger partial charge in [-0.3, -0.25) is 13.9 Å². The Morgan fingerprint density at radius 3 is 2.30 bits per heavy atom. The summed E-state index contributed by atoms with van der Waals surface area (Å²) in [5.41, 5.74) is 0.365. The van der Waals surface area contributed by atoms with E-state index in [9.17, 15) is 18.0 Å². The van der Waals surface area contributed by atoms with Crippen molar-refractivity contribution >= 4 is 38.9 Å². The van der Waals surface area contributed by atoms with Crippen LogP contribution in [0.15, 0.2) is 68.8 Å². The summed E-state index contributed by atoms with van der Waals surface area (Å²) in [4.78, 5) is 28.7. The van der Waals surface area contributed by atoms with Gasteiger partial charge in [0.25, 0.3) is 15.9 Å². The van der Waals surface area contributed by atoms with Gasteiger partial charge in [-0.25, -0.2) is 8.42 Å². The molecular formula is C22H23N3O6S2. The first kappa shape index (κ1) is 22.9. The van der Waals surface area contributed by atoms with Gasteiger partial charge in [0.1, 0.15) is 16.5 Å². The van der Waals surface area contributed by atoms with Crippen LogP contribution in [0, 0.1) is 0 Å². The Labute approximate surface area is 195 Å². The zero-order valence-corrected chi connectivity index (χ0v) is 19.5. The first-order valence-electron chi connectivity index (χ1n) is 10.2. The van der Waals surface area contributed by atoms with Crippen molar-refractivity contribution in [2.75, 3.05) is 44.1 Å². The van der Waals surface area contributed by atoms with Crippen LogP contribution in [0.3, 0.4) is 0 Å². The largest absolute Gasteiger partial charge is 0.497 e. The minimum absolute atomic E-state index is 0.153. The highest BCUT2D eigenvalue weighted by Crippen LogP contribution is 2.28. The third-order valence-electron chi connectivity index (χ3n) is 5.33. The number of furan rings is 1. The maximum absolute atomic E-state index is 13.3. The Kier molecular flexibility index (Phi) is 6.70. The molecule has 0 bridgehead atoms. The van der Waals surface area contributed by atoms with E-state index in [1.54, 1.807) is 57.6 Å². The third-order valence-corrected chi connectivity index (χ3v) is 8.48. The van der Waals surface area contributed by atoms with E-state index in [1.165, 1.54) is 19.4 Å². The molecule has 2 aromatic heterocycles. The van der Waals surface area contributed by atoms with E-state index in [0.717, 1.165) is 15.6 Å². The molecule has 0 N–H and O–H groups in total. The molecule has 174 valence electrons. The van der Waals surface area contributed by atoms with Crippen molar-refractivity contribution in [2.24, 2.45) is 0 Å². The summed E-state index contributed by atoms with van der Waals surface area (Å²) in [6.45, 7) is 0.942. The Morgan fingerprint density at radius 2 is 1.73 bits per heavy atom. The van der Waals surface area contributed by atoms with Gasteiger partial charge in [-0.05, 0) is 47.8 Å². The van der Waals surface area contributed by atoms with E-state index in [2.05, 4.69) is 0 Å². The van der Waals surface area contributed by atoms with E-state index in [-0.39, 0.29) is 28.3 Å². The highest BCUT2D eigenvalue weighted by molar-refractivity contribution is 7.94. The quantitative estimate of drug-likeness (QED) is 0.506. The van der Waals surface area contributed by atoms with Crippen LogP contribution in [0.25, 0.3) is 0 Å². The third kappa shape index (κ3) is 4.88. The fraction of sp³-hybridized carbons (Fsp3) is 0.273. The second kappa shape index (κ2) is 9.67. The van der Waals surface area contributed by atoms with Crippen LogP contribution >= 0.6 is 11.3 Å². The summed E-state index contributed by atoms with van der Waals surface area (Å²) in [5, 5.41) is 1.68. The lowest BCUT2D eigenvalue weighted by Crippen LogP contribution is -2.53. The zero-order chi connectivity index (χ0) is 23.4.